The lowest BCUT2D eigenvalue weighted by atomic mass is 10.3. The predicted octanol–water partition coefficient (Wildman–Crippen LogP) is 3.01. The average molecular weight is 398 g/mol. The molecular formula is C18H21F3N4O3. The molecule has 0 unspecified atom stereocenters. The minimum Gasteiger partial charge on any atom is -0.454 e. The van der Waals surface area contributed by atoms with E-state index in [4.69, 9.17) is 4.74 Å². The molecule has 10 heteroatoms. The van der Waals surface area contributed by atoms with E-state index in [0.717, 1.165) is 44.0 Å². The SMILES string of the molecule is COCC(N)=O.FC(F)(F)c1ncc(Oc2cccc(N3CCCC3)c2)cn1. The van der Waals surface area contributed by atoms with Crippen molar-refractivity contribution in [2.45, 2.75) is 19.0 Å². The number of carbonyl (C=O) groups excluding carboxylic acids is 1. The number of hydrogen-bond acceptors (Lipinski definition) is 6. The number of benzene rings is 1. The number of alkyl halides is 3. The van der Waals surface area contributed by atoms with E-state index in [9.17, 15) is 18.0 Å². The highest BCUT2D eigenvalue weighted by molar-refractivity contribution is 5.74. The van der Waals surface area contributed by atoms with Gasteiger partial charge in [-0.2, -0.15) is 13.2 Å². The maximum Gasteiger partial charge on any atom is 0.451 e. The number of aromatic nitrogens is 2. The first kappa shape index (κ1) is 21.4. The Bertz CT molecular complexity index is 763. The van der Waals surface area contributed by atoms with Gasteiger partial charge >= 0.3 is 6.18 Å². The first-order valence-corrected chi connectivity index (χ1v) is 8.49. The van der Waals surface area contributed by atoms with E-state index in [0.29, 0.717) is 5.75 Å². The van der Waals surface area contributed by atoms with Crippen molar-refractivity contribution in [2.75, 3.05) is 31.7 Å². The summed E-state index contributed by atoms with van der Waals surface area (Å²) in [4.78, 5) is 18.5. The Labute approximate surface area is 160 Å². The van der Waals surface area contributed by atoms with Gasteiger partial charge in [0, 0.05) is 32.0 Å². The molecule has 2 heterocycles. The maximum absolute atomic E-state index is 12.4. The van der Waals surface area contributed by atoms with Gasteiger partial charge in [-0.1, -0.05) is 6.07 Å². The maximum atomic E-state index is 12.4. The number of nitrogens with zero attached hydrogens (tertiary/aromatic N) is 3. The number of amides is 1. The van der Waals surface area contributed by atoms with Gasteiger partial charge in [-0.05, 0) is 25.0 Å². The van der Waals surface area contributed by atoms with Gasteiger partial charge in [0.2, 0.25) is 11.7 Å². The molecule has 0 spiro atoms. The van der Waals surface area contributed by atoms with Crippen LogP contribution in [0.4, 0.5) is 18.9 Å². The molecular weight excluding hydrogens is 377 g/mol. The molecule has 0 atom stereocenters. The molecule has 28 heavy (non-hydrogen) atoms. The van der Waals surface area contributed by atoms with Gasteiger partial charge in [-0.15, -0.1) is 0 Å². The van der Waals surface area contributed by atoms with E-state index >= 15 is 0 Å². The van der Waals surface area contributed by atoms with Crippen LogP contribution in [0, 0.1) is 0 Å². The average Bonchev–Trinajstić information content (AvgIpc) is 3.17. The Morgan fingerprint density at radius 2 is 1.82 bits per heavy atom. The van der Waals surface area contributed by atoms with Gasteiger partial charge in [0.05, 0.1) is 12.4 Å². The Hall–Kier alpha value is -2.88. The number of hydrogen-bond donors (Lipinski definition) is 1. The summed E-state index contributed by atoms with van der Waals surface area (Å²) in [6.45, 7) is 2.03. The fourth-order valence-electron chi connectivity index (χ4n) is 2.51. The van der Waals surface area contributed by atoms with Crippen LogP contribution >= 0.6 is 0 Å². The van der Waals surface area contributed by atoms with Crippen molar-refractivity contribution < 1.29 is 27.4 Å². The highest BCUT2D eigenvalue weighted by Gasteiger charge is 2.34. The molecule has 0 radical (unpaired) electrons. The molecule has 1 aromatic carbocycles. The second kappa shape index (κ2) is 9.88. The molecule has 7 nitrogen and oxygen atoms in total. The minimum atomic E-state index is -4.55. The van der Waals surface area contributed by atoms with Crippen molar-refractivity contribution in [2.24, 2.45) is 5.73 Å². The normalized spacial score (nSPS) is 13.6. The number of ether oxygens (including phenoxy) is 2. The van der Waals surface area contributed by atoms with Crippen LogP contribution in [0.25, 0.3) is 0 Å². The largest absolute Gasteiger partial charge is 0.454 e. The van der Waals surface area contributed by atoms with E-state index in [1.54, 1.807) is 6.07 Å². The highest BCUT2D eigenvalue weighted by Crippen LogP contribution is 2.29. The smallest absolute Gasteiger partial charge is 0.451 e. The van der Waals surface area contributed by atoms with Crippen LogP contribution in [-0.4, -0.2) is 42.7 Å². The highest BCUT2D eigenvalue weighted by atomic mass is 19.4. The molecule has 1 aliphatic heterocycles. The molecule has 1 fully saturated rings. The molecule has 1 aromatic heterocycles. The van der Waals surface area contributed by atoms with Crippen LogP contribution in [0.5, 0.6) is 11.5 Å². The van der Waals surface area contributed by atoms with Crippen molar-refractivity contribution in [3.63, 3.8) is 0 Å². The zero-order valence-electron chi connectivity index (χ0n) is 15.3. The molecule has 3 rings (SSSR count). The number of nitrogens with two attached hydrogens (primary N) is 1. The van der Waals surface area contributed by atoms with Crippen molar-refractivity contribution in [3.8, 4) is 11.5 Å². The third-order valence-corrected chi connectivity index (χ3v) is 3.69. The summed E-state index contributed by atoms with van der Waals surface area (Å²) in [5.41, 5.74) is 5.68. The van der Waals surface area contributed by atoms with Crippen molar-refractivity contribution in [1.82, 2.24) is 9.97 Å². The van der Waals surface area contributed by atoms with Crippen molar-refractivity contribution >= 4 is 11.6 Å². The molecule has 1 aliphatic rings. The number of primary amides is 1. The summed E-state index contributed by atoms with van der Waals surface area (Å²) < 4.78 is 47.1. The van der Waals surface area contributed by atoms with Crippen molar-refractivity contribution in [3.05, 3.63) is 42.5 Å². The molecule has 152 valence electrons. The van der Waals surface area contributed by atoms with Gasteiger partial charge in [0.25, 0.3) is 0 Å². The van der Waals surface area contributed by atoms with Crippen molar-refractivity contribution in [1.29, 1.82) is 0 Å². The summed E-state index contributed by atoms with van der Waals surface area (Å²) in [5.74, 6) is -0.887. The Morgan fingerprint density at radius 3 is 2.32 bits per heavy atom. The monoisotopic (exact) mass is 398 g/mol. The molecule has 2 aromatic rings. The zero-order valence-corrected chi connectivity index (χ0v) is 15.3. The lowest BCUT2D eigenvalue weighted by molar-refractivity contribution is -0.145. The van der Waals surface area contributed by atoms with Crippen LogP contribution < -0.4 is 15.4 Å². The molecule has 1 amide bonds. The second-order valence-corrected chi connectivity index (χ2v) is 5.93. The number of methoxy groups -OCH3 is 1. The number of rotatable bonds is 5. The van der Waals surface area contributed by atoms with Gasteiger partial charge < -0.3 is 20.1 Å². The fraction of sp³-hybridized carbons (Fsp3) is 0.389. The molecule has 0 bridgehead atoms. The van der Waals surface area contributed by atoms with Crippen LogP contribution in [0.1, 0.15) is 18.7 Å². The van der Waals surface area contributed by atoms with Gasteiger partial charge in [-0.25, -0.2) is 9.97 Å². The summed E-state index contributed by atoms with van der Waals surface area (Å²) in [7, 11) is 1.42. The molecule has 2 N–H and O–H groups in total. The Balaban J connectivity index is 0.000000409. The lowest BCUT2D eigenvalue weighted by Crippen LogP contribution is -2.17. The third-order valence-electron chi connectivity index (χ3n) is 3.69. The van der Waals surface area contributed by atoms with Crippen LogP contribution in [0.2, 0.25) is 0 Å². The zero-order chi connectivity index (χ0) is 20.6. The number of halogens is 3. The quantitative estimate of drug-likeness (QED) is 0.833. The first-order chi connectivity index (χ1) is 13.3. The van der Waals surface area contributed by atoms with E-state index in [1.165, 1.54) is 7.11 Å². The fourth-order valence-corrected chi connectivity index (χ4v) is 2.51. The van der Waals surface area contributed by atoms with Crippen LogP contribution in [-0.2, 0) is 15.7 Å². The number of anilines is 1. The van der Waals surface area contributed by atoms with E-state index in [-0.39, 0.29) is 12.4 Å². The van der Waals surface area contributed by atoms with E-state index in [1.807, 2.05) is 18.2 Å². The first-order valence-electron chi connectivity index (χ1n) is 8.49. The van der Waals surface area contributed by atoms with E-state index in [2.05, 4.69) is 25.3 Å². The number of carbonyl (C=O) groups is 1. The van der Waals surface area contributed by atoms with Crippen LogP contribution in [0.15, 0.2) is 36.7 Å². The van der Waals surface area contributed by atoms with Gasteiger partial charge in [0.1, 0.15) is 12.4 Å². The molecule has 1 saturated heterocycles. The summed E-state index contributed by atoms with van der Waals surface area (Å²) >= 11 is 0. The molecule has 0 aliphatic carbocycles. The van der Waals surface area contributed by atoms with Gasteiger partial charge in [0.15, 0.2) is 5.75 Å². The topological polar surface area (TPSA) is 90.6 Å². The standard InChI is InChI=1S/C15H14F3N3O.C3H7NO2/c16-15(17,18)14-19-9-13(10-20-14)22-12-5-3-4-11(8-12)21-6-1-2-7-21;1-6-2-3(4)5/h3-5,8-10H,1-2,6-7H2;2H2,1H3,(H2,4,5). The lowest BCUT2D eigenvalue weighted by Gasteiger charge is -2.18. The van der Waals surface area contributed by atoms with E-state index < -0.39 is 17.9 Å². The third kappa shape index (κ3) is 6.69. The Kier molecular flexibility index (Phi) is 7.56. The predicted molar refractivity (Wildman–Crippen MR) is 96.1 cm³/mol. The van der Waals surface area contributed by atoms with Gasteiger partial charge in [-0.3, -0.25) is 4.79 Å². The summed E-state index contributed by atoms with van der Waals surface area (Å²) in [6.07, 6.45) is -0.166. The minimum absolute atomic E-state index is 0.0139. The summed E-state index contributed by atoms with van der Waals surface area (Å²) in [6, 6.07) is 7.45. The molecule has 0 saturated carbocycles. The summed E-state index contributed by atoms with van der Waals surface area (Å²) in [5, 5.41) is 0. The van der Waals surface area contributed by atoms with Crippen LogP contribution in [0.3, 0.4) is 0 Å². The second-order valence-electron chi connectivity index (χ2n) is 5.93. The Morgan fingerprint density at radius 1 is 1.18 bits per heavy atom.